The van der Waals surface area contributed by atoms with E-state index >= 15 is 0 Å². The van der Waals surface area contributed by atoms with Crippen molar-refractivity contribution in [2.24, 2.45) is 0 Å². The second-order valence-electron chi connectivity index (χ2n) is 3.29. The summed E-state index contributed by atoms with van der Waals surface area (Å²) >= 11 is 0. The van der Waals surface area contributed by atoms with Crippen molar-refractivity contribution in [3.05, 3.63) is 0 Å². The number of amides is 1. The van der Waals surface area contributed by atoms with Crippen molar-refractivity contribution in [3.63, 3.8) is 0 Å². The van der Waals surface area contributed by atoms with E-state index in [1.807, 2.05) is 0 Å². The third-order valence-electron chi connectivity index (χ3n) is 2.37. The van der Waals surface area contributed by atoms with Crippen molar-refractivity contribution in [1.82, 2.24) is 10.2 Å². The van der Waals surface area contributed by atoms with E-state index in [-0.39, 0.29) is 6.17 Å². The Kier molecular flexibility index (Phi) is 4.08. The Labute approximate surface area is 74.1 Å². The fourth-order valence-electron chi connectivity index (χ4n) is 1.74. The molecule has 1 heterocycles. The Hall–Kier alpha value is -0.570. The van der Waals surface area contributed by atoms with E-state index < -0.39 is 0 Å². The number of nitrogens with one attached hydrogen (secondary N) is 1. The second kappa shape index (κ2) is 5.14. The normalized spacial score (nSPS) is 20.8. The summed E-state index contributed by atoms with van der Waals surface area (Å²) in [6.45, 7) is 4.38. The van der Waals surface area contributed by atoms with Gasteiger partial charge in [0.1, 0.15) is 0 Å². The number of hydrogen-bond acceptors (Lipinski definition) is 2. The molecular formula is C9H17N2O. The lowest BCUT2D eigenvalue weighted by Crippen LogP contribution is -2.43. The first-order valence-electron chi connectivity index (χ1n) is 4.75. The lowest BCUT2D eigenvalue weighted by atomic mass is 10.2. The van der Waals surface area contributed by atoms with E-state index in [1.165, 1.54) is 12.8 Å². The Balaban J connectivity index is 2.33. The van der Waals surface area contributed by atoms with Gasteiger partial charge < -0.3 is 5.32 Å². The monoisotopic (exact) mass is 169 g/mol. The van der Waals surface area contributed by atoms with Crippen LogP contribution in [0.15, 0.2) is 0 Å². The fraction of sp³-hybridized carbons (Fsp3) is 0.889. The number of likely N-dealkylation sites (tertiary alicyclic amines) is 1. The molecule has 0 aromatic rings. The van der Waals surface area contributed by atoms with Gasteiger partial charge in [0.25, 0.3) is 0 Å². The predicted octanol–water partition coefficient (Wildman–Crippen LogP) is 0.865. The molecule has 0 spiro atoms. The largest absolute Gasteiger partial charge is 0.332 e. The summed E-state index contributed by atoms with van der Waals surface area (Å²) in [6.07, 6.45) is 6.69. The van der Waals surface area contributed by atoms with Crippen LogP contribution in [0.1, 0.15) is 32.6 Å². The maximum atomic E-state index is 10.2. The Morgan fingerprint density at radius 1 is 1.50 bits per heavy atom. The molecular weight excluding hydrogens is 152 g/mol. The first-order chi connectivity index (χ1) is 5.88. The average molecular weight is 169 g/mol. The molecule has 1 N–H and O–H groups in total. The summed E-state index contributed by atoms with van der Waals surface area (Å²) < 4.78 is 0. The van der Waals surface area contributed by atoms with Gasteiger partial charge in [0.15, 0.2) is 0 Å². The molecule has 1 amide bonds. The van der Waals surface area contributed by atoms with E-state index in [0.717, 1.165) is 25.9 Å². The van der Waals surface area contributed by atoms with Crippen LogP contribution in [-0.2, 0) is 4.79 Å². The molecule has 1 rings (SSSR count). The predicted molar refractivity (Wildman–Crippen MR) is 48.3 cm³/mol. The number of nitrogens with zero attached hydrogens (tertiary/aromatic N) is 1. The van der Waals surface area contributed by atoms with Crippen LogP contribution in [-0.4, -0.2) is 30.6 Å². The van der Waals surface area contributed by atoms with E-state index in [2.05, 4.69) is 17.1 Å². The first-order valence-corrected chi connectivity index (χ1v) is 4.75. The third-order valence-corrected chi connectivity index (χ3v) is 2.37. The van der Waals surface area contributed by atoms with Crippen LogP contribution >= 0.6 is 0 Å². The highest BCUT2D eigenvalue weighted by atomic mass is 16.1. The van der Waals surface area contributed by atoms with Gasteiger partial charge in [-0.3, -0.25) is 9.69 Å². The van der Waals surface area contributed by atoms with Crippen molar-refractivity contribution in [3.8, 4) is 0 Å². The molecule has 0 saturated carbocycles. The topological polar surface area (TPSA) is 32.3 Å². The quantitative estimate of drug-likeness (QED) is 0.619. The molecule has 1 saturated heterocycles. The van der Waals surface area contributed by atoms with Crippen LogP contribution in [0, 0.1) is 0 Å². The summed E-state index contributed by atoms with van der Waals surface area (Å²) in [5.74, 6) is 0. The Morgan fingerprint density at radius 3 is 2.67 bits per heavy atom. The first kappa shape index (κ1) is 9.52. The molecule has 1 fully saturated rings. The second-order valence-corrected chi connectivity index (χ2v) is 3.29. The number of rotatable bonds is 5. The molecule has 69 valence electrons. The molecule has 0 aromatic carbocycles. The summed E-state index contributed by atoms with van der Waals surface area (Å²) in [6, 6.07) is 0. The van der Waals surface area contributed by atoms with Gasteiger partial charge in [-0.1, -0.05) is 13.3 Å². The maximum Gasteiger partial charge on any atom is 0.310 e. The van der Waals surface area contributed by atoms with Crippen LogP contribution in [0.5, 0.6) is 0 Å². The van der Waals surface area contributed by atoms with E-state index in [4.69, 9.17) is 0 Å². The van der Waals surface area contributed by atoms with Gasteiger partial charge in [0.2, 0.25) is 0 Å². The zero-order chi connectivity index (χ0) is 8.81. The lowest BCUT2D eigenvalue weighted by Gasteiger charge is -2.25. The summed E-state index contributed by atoms with van der Waals surface area (Å²) in [5.41, 5.74) is 0. The Bertz CT molecular complexity index is 132. The number of hydrogen-bond donors (Lipinski definition) is 1. The van der Waals surface area contributed by atoms with Crippen molar-refractivity contribution < 1.29 is 4.79 Å². The highest BCUT2D eigenvalue weighted by Gasteiger charge is 2.20. The molecule has 0 aromatic heterocycles. The van der Waals surface area contributed by atoms with Gasteiger partial charge in [-0.15, -0.1) is 0 Å². The third kappa shape index (κ3) is 2.48. The smallest absolute Gasteiger partial charge is 0.310 e. The van der Waals surface area contributed by atoms with Crippen molar-refractivity contribution in [2.45, 2.75) is 38.8 Å². The molecule has 1 unspecified atom stereocenters. The summed E-state index contributed by atoms with van der Waals surface area (Å²) in [7, 11) is 0. The Morgan fingerprint density at radius 2 is 2.17 bits per heavy atom. The molecule has 0 aliphatic carbocycles. The highest BCUT2D eigenvalue weighted by Crippen LogP contribution is 2.12. The SMILES string of the molecule is CCCC(N[C]=O)N1CCCC1. The van der Waals surface area contributed by atoms with E-state index in [1.54, 1.807) is 6.41 Å². The van der Waals surface area contributed by atoms with Gasteiger partial charge in [0, 0.05) is 13.1 Å². The minimum atomic E-state index is 0.231. The van der Waals surface area contributed by atoms with Gasteiger partial charge in [-0.25, -0.2) is 0 Å². The molecule has 3 nitrogen and oxygen atoms in total. The van der Waals surface area contributed by atoms with Crippen LogP contribution in [0.2, 0.25) is 0 Å². The molecule has 1 aliphatic rings. The maximum absolute atomic E-state index is 10.2. The minimum absolute atomic E-state index is 0.231. The van der Waals surface area contributed by atoms with Crippen LogP contribution < -0.4 is 5.32 Å². The molecule has 1 aliphatic heterocycles. The van der Waals surface area contributed by atoms with Gasteiger partial charge >= 0.3 is 6.41 Å². The minimum Gasteiger partial charge on any atom is -0.332 e. The van der Waals surface area contributed by atoms with Crippen LogP contribution in [0.25, 0.3) is 0 Å². The zero-order valence-electron chi connectivity index (χ0n) is 7.68. The average Bonchev–Trinajstić information content (AvgIpc) is 2.56. The molecule has 1 atom stereocenters. The zero-order valence-corrected chi connectivity index (χ0v) is 7.68. The molecule has 3 heteroatoms. The molecule has 1 radical (unpaired) electrons. The standard InChI is InChI=1S/C9H17N2O/c1-2-5-9(10-8-12)11-6-3-4-7-11/h9H,2-7H2,1H3,(H,10,12). The van der Waals surface area contributed by atoms with Gasteiger partial charge in [-0.05, 0) is 19.3 Å². The van der Waals surface area contributed by atoms with Crippen molar-refractivity contribution in [2.75, 3.05) is 13.1 Å². The lowest BCUT2D eigenvalue weighted by molar-refractivity contribution is 0.212. The van der Waals surface area contributed by atoms with Crippen LogP contribution in [0.4, 0.5) is 0 Å². The van der Waals surface area contributed by atoms with Crippen LogP contribution in [0.3, 0.4) is 0 Å². The van der Waals surface area contributed by atoms with Crippen molar-refractivity contribution >= 4 is 6.41 Å². The van der Waals surface area contributed by atoms with E-state index in [0.29, 0.717) is 0 Å². The highest BCUT2D eigenvalue weighted by molar-refractivity contribution is 5.47. The number of carbonyl (C=O) groups excluding carboxylic acids is 1. The molecule has 12 heavy (non-hydrogen) atoms. The van der Waals surface area contributed by atoms with Crippen molar-refractivity contribution in [1.29, 1.82) is 0 Å². The van der Waals surface area contributed by atoms with Gasteiger partial charge in [-0.2, -0.15) is 0 Å². The molecule has 0 bridgehead atoms. The summed E-state index contributed by atoms with van der Waals surface area (Å²) in [4.78, 5) is 12.5. The fourth-order valence-corrected chi connectivity index (χ4v) is 1.74. The van der Waals surface area contributed by atoms with E-state index in [9.17, 15) is 4.79 Å². The summed E-state index contributed by atoms with van der Waals surface area (Å²) in [5, 5.41) is 2.75. The van der Waals surface area contributed by atoms with Gasteiger partial charge in [0.05, 0.1) is 6.17 Å².